The molecule has 3 heteroatoms. The number of nitrogens with zero attached hydrogens (tertiary/aromatic N) is 2. The van der Waals surface area contributed by atoms with E-state index in [1.807, 2.05) is 35.2 Å². The van der Waals surface area contributed by atoms with Crippen LogP contribution in [0.3, 0.4) is 0 Å². The Kier molecular flexibility index (Phi) is 4.57. The molecule has 0 radical (unpaired) electrons. The Hall–Kier alpha value is -1.82. The number of carbonyl (C=O) groups excluding carboxylic acids is 1. The van der Waals surface area contributed by atoms with Gasteiger partial charge in [-0.15, -0.1) is 0 Å². The Morgan fingerprint density at radius 3 is 2.53 bits per heavy atom. The summed E-state index contributed by atoms with van der Waals surface area (Å²) in [5.74, 6) is 0.297. The van der Waals surface area contributed by atoms with E-state index in [-0.39, 0.29) is 17.7 Å². The van der Waals surface area contributed by atoms with Crippen molar-refractivity contribution in [2.45, 2.75) is 32.1 Å². The number of nitriles is 1. The van der Waals surface area contributed by atoms with Gasteiger partial charge in [0.1, 0.15) is 0 Å². The molecule has 1 aromatic carbocycles. The van der Waals surface area contributed by atoms with Gasteiger partial charge in [-0.1, -0.05) is 37.3 Å². The minimum absolute atomic E-state index is 0.0418. The maximum atomic E-state index is 12.6. The Morgan fingerprint density at radius 2 is 2.00 bits per heavy atom. The van der Waals surface area contributed by atoms with Crippen molar-refractivity contribution in [3.63, 3.8) is 0 Å². The van der Waals surface area contributed by atoms with Crippen molar-refractivity contribution in [1.82, 2.24) is 4.90 Å². The van der Waals surface area contributed by atoms with Crippen LogP contribution < -0.4 is 0 Å². The zero-order valence-electron chi connectivity index (χ0n) is 11.4. The summed E-state index contributed by atoms with van der Waals surface area (Å²) in [5.41, 5.74) is 1.09. The number of likely N-dealkylation sites (tertiary alicyclic amines) is 1. The second kappa shape index (κ2) is 6.38. The van der Waals surface area contributed by atoms with Gasteiger partial charge in [-0.3, -0.25) is 4.79 Å². The highest BCUT2D eigenvalue weighted by Crippen LogP contribution is 2.25. The number of hydrogen-bond acceptors (Lipinski definition) is 2. The summed E-state index contributed by atoms with van der Waals surface area (Å²) in [6, 6.07) is 12.3. The van der Waals surface area contributed by atoms with Gasteiger partial charge in [0.2, 0.25) is 5.91 Å². The van der Waals surface area contributed by atoms with E-state index in [1.165, 1.54) is 0 Å². The van der Waals surface area contributed by atoms with E-state index in [0.29, 0.717) is 0 Å². The normalized spacial score (nSPS) is 17.8. The fraction of sp³-hybridized carbons (Fsp3) is 0.500. The molecule has 1 fully saturated rings. The first-order valence-electron chi connectivity index (χ1n) is 6.99. The van der Waals surface area contributed by atoms with Crippen molar-refractivity contribution in [2.75, 3.05) is 13.1 Å². The van der Waals surface area contributed by atoms with Crippen LogP contribution >= 0.6 is 0 Å². The average molecular weight is 256 g/mol. The number of carbonyl (C=O) groups is 1. The summed E-state index contributed by atoms with van der Waals surface area (Å²) >= 11 is 0. The molecule has 0 bridgehead atoms. The molecule has 1 saturated heterocycles. The summed E-state index contributed by atoms with van der Waals surface area (Å²) in [7, 11) is 0. The summed E-state index contributed by atoms with van der Waals surface area (Å²) in [4.78, 5) is 14.5. The standard InChI is InChI=1S/C16H20N2O/c1-2-15(14-6-4-3-5-7-14)16(19)18-10-8-13(12-17)9-11-18/h3-7,13,15H,2,8-11H2,1H3. The van der Waals surface area contributed by atoms with Crippen molar-refractivity contribution in [3.8, 4) is 6.07 Å². The lowest BCUT2D eigenvalue weighted by molar-refractivity contribution is -0.134. The minimum atomic E-state index is -0.0418. The van der Waals surface area contributed by atoms with Gasteiger partial charge in [-0.25, -0.2) is 0 Å². The van der Waals surface area contributed by atoms with Gasteiger partial charge in [0.25, 0.3) is 0 Å². The molecule has 0 N–H and O–H groups in total. The Balaban J connectivity index is 2.04. The van der Waals surface area contributed by atoms with Gasteiger partial charge in [-0.05, 0) is 24.8 Å². The molecule has 1 unspecified atom stereocenters. The van der Waals surface area contributed by atoms with Gasteiger partial charge < -0.3 is 4.90 Å². The number of rotatable bonds is 3. The molecule has 0 saturated carbocycles. The maximum Gasteiger partial charge on any atom is 0.230 e. The predicted octanol–water partition coefficient (Wildman–Crippen LogP) is 2.94. The lowest BCUT2D eigenvalue weighted by Gasteiger charge is -2.32. The third-order valence-corrected chi connectivity index (χ3v) is 3.90. The Bertz CT molecular complexity index is 455. The molecule has 1 heterocycles. The van der Waals surface area contributed by atoms with Crippen molar-refractivity contribution >= 4 is 5.91 Å². The third kappa shape index (κ3) is 3.14. The summed E-state index contributed by atoms with van der Waals surface area (Å²) in [6.45, 7) is 3.50. The molecule has 0 spiro atoms. The summed E-state index contributed by atoms with van der Waals surface area (Å²) in [5, 5.41) is 8.90. The van der Waals surface area contributed by atoms with Crippen LogP contribution in [-0.2, 0) is 4.79 Å². The molecule has 100 valence electrons. The lowest BCUT2D eigenvalue weighted by Crippen LogP contribution is -2.40. The van der Waals surface area contributed by atoms with Gasteiger partial charge in [0.05, 0.1) is 12.0 Å². The first-order chi connectivity index (χ1) is 9.26. The van der Waals surface area contributed by atoms with Gasteiger partial charge in [0, 0.05) is 19.0 Å². The minimum Gasteiger partial charge on any atom is -0.342 e. The molecule has 1 atom stereocenters. The van der Waals surface area contributed by atoms with Crippen molar-refractivity contribution < 1.29 is 4.79 Å². The summed E-state index contributed by atoms with van der Waals surface area (Å²) in [6.07, 6.45) is 2.45. The van der Waals surface area contributed by atoms with Crippen LogP contribution in [-0.4, -0.2) is 23.9 Å². The second-order valence-corrected chi connectivity index (χ2v) is 5.10. The lowest BCUT2D eigenvalue weighted by atomic mass is 9.92. The zero-order chi connectivity index (χ0) is 13.7. The van der Waals surface area contributed by atoms with Crippen LogP contribution in [0, 0.1) is 17.2 Å². The van der Waals surface area contributed by atoms with Crippen molar-refractivity contribution in [3.05, 3.63) is 35.9 Å². The highest BCUT2D eigenvalue weighted by atomic mass is 16.2. The van der Waals surface area contributed by atoms with E-state index < -0.39 is 0 Å². The molecular weight excluding hydrogens is 236 g/mol. The average Bonchev–Trinajstić information content (AvgIpc) is 2.49. The van der Waals surface area contributed by atoms with Crippen LogP contribution in [0.2, 0.25) is 0 Å². The molecule has 1 aromatic rings. The van der Waals surface area contributed by atoms with Crippen LogP contribution in [0.1, 0.15) is 37.7 Å². The van der Waals surface area contributed by atoms with Gasteiger partial charge >= 0.3 is 0 Å². The molecule has 3 nitrogen and oxygen atoms in total. The molecule has 1 aliphatic heterocycles. The highest BCUT2D eigenvalue weighted by molar-refractivity contribution is 5.83. The van der Waals surface area contributed by atoms with E-state index in [1.54, 1.807) is 0 Å². The number of hydrogen-bond donors (Lipinski definition) is 0. The SMILES string of the molecule is CCC(C(=O)N1CCC(C#N)CC1)c1ccccc1. The molecule has 0 aromatic heterocycles. The molecule has 1 aliphatic rings. The van der Waals surface area contributed by atoms with Gasteiger partial charge in [-0.2, -0.15) is 5.26 Å². The smallest absolute Gasteiger partial charge is 0.230 e. The molecular formula is C16H20N2O. The molecule has 2 rings (SSSR count). The number of benzene rings is 1. The second-order valence-electron chi connectivity index (χ2n) is 5.10. The zero-order valence-corrected chi connectivity index (χ0v) is 11.4. The largest absolute Gasteiger partial charge is 0.342 e. The fourth-order valence-electron chi connectivity index (χ4n) is 2.69. The van der Waals surface area contributed by atoms with E-state index >= 15 is 0 Å². The van der Waals surface area contributed by atoms with Gasteiger partial charge in [0.15, 0.2) is 0 Å². The van der Waals surface area contributed by atoms with E-state index in [2.05, 4.69) is 13.0 Å². The van der Waals surface area contributed by atoms with E-state index in [4.69, 9.17) is 5.26 Å². The molecule has 1 amide bonds. The number of amides is 1. The first kappa shape index (κ1) is 13.6. The van der Waals surface area contributed by atoms with Crippen molar-refractivity contribution in [1.29, 1.82) is 5.26 Å². The summed E-state index contributed by atoms with van der Waals surface area (Å²) < 4.78 is 0. The van der Waals surface area contributed by atoms with E-state index in [0.717, 1.165) is 37.9 Å². The monoisotopic (exact) mass is 256 g/mol. The molecule has 19 heavy (non-hydrogen) atoms. The predicted molar refractivity (Wildman–Crippen MR) is 74.4 cm³/mol. The Morgan fingerprint density at radius 1 is 1.37 bits per heavy atom. The van der Waals surface area contributed by atoms with Crippen LogP contribution in [0.4, 0.5) is 0 Å². The first-order valence-corrected chi connectivity index (χ1v) is 6.99. The van der Waals surface area contributed by atoms with Crippen LogP contribution in [0.15, 0.2) is 30.3 Å². The third-order valence-electron chi connectivity index (χ3n) is 3.90. The van der Waals surface area contributed by atoms with E-state index in [9.17, 15) is 4.79 Å². The molecule has 0 aliphatic carbocycles. The van der Waals surface area contributed by atoms with Crippen LogP contribution in [0.25, 0.3) is 0 Å². The quantitative estimate of drug-likeness (QED) is 0.834. The fourth-order valence-corrected chi connectivity index (χ4v) is 2.69. The topological polar surface area (TPSA) is 44.1 Å². The Labute approximate surface area is 114 Å². The van der Waals surface area contributed by atoms with Crippen LogP contribution in [0.5, 0.6) is 0 Å². The maximum absolute atomic E-state index is 12.6. The van der Waals surface area contributed by atoms with Crippen molar-refractivity contribution in [2.24, 2.45) is 5.92 Å². The number of piperidine rings is 1. The highest BCUT2D eigenvalue weighted by Gasteiger charge is 2.27.